The summed E-state index contributed by atoms with van der Waals surface area (Å²) in [6.07, 6.45) is 0.381. The summed E-state index contributed by atoms with van der Waals surface area (Å²) in [5.74, 6) is 1.40. The lowest BCUT2D eigenvalue weighted by molar-refractivity contribution is -0.132. The van der Waals surface area contributed by atoms with E-state index in [4.69, 9.17) is 4.74 Å². The van der Waals surface area contributed by atoms with Crippen LogP contribution in [0.1, 0.15) is 19.4 Å². The topological polar surface area (TPSA) is 61.9 Å². The van der Waals surface area contributed by atoms with Gasteiger partial charge in [0.25, 0.3) is 0 Å². The first-order valence-electron chi connectivity index (χ1n) is 8.87. The molecule has 0 aromatic heterocycles. The highest BCUT2D eigenvalue weighted by Gasteiger charge is 2.22. The molecule has 1 fully saturated rings. The fourth-order valence-corrected chi connectivity index (χ4v) is 2.80. The van der Waals surface area contributed by atoms with Crippen LogP contribution < -0.4 is 10.1 Å². The zero-order chi connectivity index (χ0) is 18.2. The van der Waals surface area contributed by atoms with Crippen LogP contribution in [0.4, 0.5) is 0 Å². The number of carbonyl (C=O) groups excluding carboxylic acids is 2. The predicted molar refractivity (Wildman–Crippen MR) is 97.6 cm³/mol. The Hall–Kier alpha value is -2.08. The first kappa shape index (κ1) is 19.2. The third kappa shape index (κ3) is 6.38. The van der Waals surface area contributed by atoms with Gasteiger partial charge in [0, 0.05) is 32.7 Å². The maximum atomic E-state index is 12.5. The number of hydrogen-bond donors (Lipinski definition) is 1. The summed E-state index contributed by atoms with van der Waals surface area (Å²) in [5, 5.41) is 2.93. The molecular formula is C19H29N3O3. The maximum absolute atomic E-state index is 12.5. The fraction of sp³-hybridized carbons (Fsp3) is 0.579. The third-order valence-corrected chi connectivity index (χ3v) is 4.29. The second kappa shape index (κ2) is 9.42. The van der Waals surface area contributed by atoms with Gasteiger partial charge in [0.15, 0.2) is 0 Å². The molecule has 0 atom stereocenters. The van der Waals surface area contributed by atoms with E-state index in [1.807, 2.05) is 29.2 Å². The first-order valence-corrected chi connectivity index (χ1v) is 8.87. The summed E-state index contributed by atoms with van der Waals surface area (Å²) in [5.41, 5.74) is 0.958. The highest BCUT2D eigenvalue weighted by atomic mass is 16.5. The Labute approximate surface area is 150 Å². The van der Waals surface area contributed by atoms with E-state index in [0.717, 1.165) is 24.4 Å². The zero-order valence-electron chi connectivity index (χ0n) is 15.5. The van der Waals surface area contributed by atoms with E-state index in [1.165, 1.54) is 0 Å². The molecule has 6 heteroatoms. The van der Waals surface area contributed by atoms with Gasteiger partial charge in [0.05, 0.1) is 20.1 Å². The smallest absolute Gasteiger partial charge is 0.234 e. The van der Waals surface area contributed by atoms with E-state index < -0.39 is 0 Å². The Kier molecular flexibility index (Phi) is 7.25. The molecule has 1 saturated heterocycles. The van der Waals surface area contributed by atoms with Gasteiger partial charge in [-0.25, -0.2) is 0 Å². The van der Waals surface area contributed by atoms with Gasteiger partial charge >= 0.3 is 0 Å². The number of nitrogens with one attached hydrogen (secondary N) is 1. The highest BCUT2D eigenvalue weighted by molar-refractivity contribution is 5.79. The second-order valence-corrected chi connectivity index (χ2v) is 6.88. The monoisotopic (exact) mass is 347 g/mol. The molecule has 2 amide bonds. The van der Waals surface area contributed by atoms with Crippen LogP contribution in [0.25, 0.3) is 0 Å². The summed E-state index contributed by atoms with van der Waals surface area (Å²) in [6, 6.07) is 7.61. The predicted octanol–water partition coefficient (Wildman–Crippen LogP) is 1.15. The number of hydrogen-bond acceptors (Lipinski definition) is 4. The molecule has 0 spiro atoms. The van der Waals surface area contributed by atoms with Crippen molar-refractivity contribution >= 4 is 11.8 Å². The summed E-state index contributed by atoms with van der Waals surface area (Å²) >= 11 is 0. The summed E-state index contributed by atoms with van der Waals surface area (Å²) < 4.78 is 5.20. The molecule has 0 unspecified atom stereocenters. The molecule has 0 bridgehead atoms. The number of amides is 2. The second-order valence-electron chi connectivity index (χ2n) is 6.88. The van der Waals surface area contributed by atoms with Crippen LogP contribution >= 0.6 is 0 Å². The van der Waals surface area contributed by atoms with Crippen molar-refractivity contribution in [1.29, 1.82) is 0 Å². The number of rotatable bonds is 7. The van der Waals surface area contributed by atoms with Crippen LogP contribution in [-0.2, 0) is 16.0 Å². The van der Waals surface area contributed by atoms with Gasteiger partial charge in [-0.3, -0.25) is 14.5 Å². The molecule has 0 radical (unpaired) electrons. The van der Waals surface area contributed by atoms with Crippen LogP contribution in [0.5, 0.6) is 5.75 Å². The molecule has 138 valence electrons. The molecule has 0 aliphatic carbocycles. The Morgan fingerprint density at radius 2 is 1.92 bits per heavy atom. The van der Waals surface area contributed by atoms with Gasteiger partial charge in [0.2, 0.25) is 11.8 Å². The van der Waals surface area contributed by atoms with Crippen molar-refractivity contribution in [3.8, 4) is 5.75 Å². The average molecular weight is 347 g/mol. The molecule has 1 aliphatic heterocycles. The Morgan fingerprint density at radius 3 is 2.56 bits per heavy atom. The Morgan fingerprint density at radius 1 is 1.20 bits per heavy atom. The third-order valence-electron chi connectivity index (χ3n) is 4.29. The lowest BCUT2D eigenvalue weighted by atomic mass is 10.1. The van der Waals surface area contributed by atoms with Crippen LogP contribution in [0, 0.1) is 5.92 Å². The molecule has 1 aromatic carbocycles. The standard InChI is InChI=1S/C19H29N3O3/c1-15(2)13-20-18(23)14-21-7-9-22(10-8-21)19(24)12-16-5-4-6-17(11-16)25-3/h4-6,11,15H,7-10,12-14H2,1-3H3,(H,20,23). The average Bonchev–Trinajstić information content (AvgIpc) is 2.60. The number of methoxy groups -OCH3 is 1. The molecular weight excluding hydrogens is 318 g/mol. The van der Waals surface area contributed by atoms with Gasteiger partial charge in [-0.05, 0) is 23.6 Å². The van der Waals surface area contributed by atoms with E-state index in [1.54, 1.807) is 7.11 Å². The van der Waals surface area contributed by atoms with E-state index >= 15 is 0 Å². The molecule has 2 rings (SSSR count). The van der Waals surface area contributed by atoms with Gasteiger partial charge in [-0.1, -0.05) is 26.0 Å². The molecule has 1 aromatic rings. The highest BCUT2D eigenvalue weighted by Crippen LogP contribution is 2.14. The minimum absolute atomic E-state index is 0.0601. The van der Waals surface area contributed by atoms with Crippen molar-refractivity contribution in [3.63, 3.8) is 0 Å². The quantitative estimate of drug-likeness (QED) is 0.804. The normalized spacial score (nSPS) is 15.3. The van der Waals surface area contributed by atoms with Crippen molar-refractivity contribution < 1.29 is 14.3 Å². The van der Waals surface area contributed by atoms with Crippen molar-refractivity contribution in [2.75, 3.05) is 46.4 Å². The lowest BCUT2D eigenvalue weighted by Gasteiger charge is -2.34. The largest absolute Gasteiger partial charge is 0.497 e. The van der Waals surface area contributed by atoms with Crippen LogP contribution in [0.3, 0.4) is 0 Å². The number of ether oxygens (including phenoxy) is 1. The van der Waals surface area contributed by atoms with Crippen molar-refractivity contribution in [2.24, 2.45) is 5.92 Å². The first-order chi connectivity index (χ1) is 12.0. The van der Waals surface area contributed by atoms with E-state index in [-0.39, 0.29) is 11.8 Å². The SMILES string of the molecule is COc1cccc(CC(=O)N2CCN(CC(=O)NCC(C)C)CC2)c1. The van der Waals surface area contributed by atoms with E-state index in [0.29, 0.717) is 38.5 Å². The Balaban J connectivity index is 1.75. The van der Waals surface area contributed by atoms with Crippen molar-refractivity contribution in [2.45, 2.75) is 20.3 Å². The van der Waals surface area contributed by atoms with Crippen LogP contribution in [-0.4, -0.2) is 68.0 Å². The molecule has 6 nitrogen and oxygen atoms in total. The van der Waals surface area contributed by atoms with Crippen LogP contribution in [0.2, 0.25) is 0 Å². The molecule has 1 heterocycles. The van der Waals surface area contributed by atoms with Gasteiger partial charge in [-0.2, -0.15) is 0 Å². The van der Waals surface area contributed by atoms with Crippen LogP contribution in [0.15, 0.2) is 24.3 Å². The zero-order valence-corrected chi connectivity index (χ0v) is 15.5. The summed E-state index contributed by atoms with van der Waals surface area (Å²) in [7, 11) is 1.62. The number of benzene rings is 1. The summed E-state index contributed by atoms with van der Waals surface area (Å²) in [4.78, 5) is 28.3. The van der Waals surface area contributed by atoms with Gasteiger partial charge in [0.1, 0.15) is 5.75 Å². The molecule has 1 N–H and O–H groups in total. The van der Waals surface area contributed by atoms with Gasteiger partial charge in [-0.15, -0.1) is 0 Å². The fourth-order valence-electron chi connectivity index (χ4n) is 2.80. The van der Waals surface area contributed by atoms with E-state index in [2.05, 4.69) is 24.1 Å². The molecule has 25 heavy (non-hydrogen) atoms. The molecule has 0 saturated carbocycles. The van der Waals surface area contributed by atoms with E-state index in [9.17, 15) is 9.59 Å². The number of piperazine rings is 1. The number of carbonyl (C=O) groups is 2. The lowest BCUT2D eigenvalue weighted by Crippen LogP contribution is -2.51. The minimum atomic E-state index is 0.0601. The number of nitrogens with zero attached hydrogens (tertiary/aromatic N) is 2. The van der Waals surface area contributed by atoms with Crippen molar-refractivity contribution in [1.82, 2.24) is 15.1 Å². The van der Waals surface area contributed by atoms with Gasteiger partial charge < -0.3 is 15.0 Å². The summed E-state index contributed by atoms with van der Waals surface area (Å²) in [6.45, 7) is 8.07. The minimum Gasteiger partial charge on any atom is -0.497 e. The Bertz CT molecular complexity index is 581. The maximum Gasteiger partial charge on any atom is 0.234 e. The van der Waals surface area contributed by atoms with Crippen molar-refractivity contribution in [3.05, 3.63) is 29.8 Å². The molecule has 1 aliphatic rings.